The van der Waals surface area contributed by atoms with E-state index in [-0.39, 0.29) is 12.5 Å². The van der Waals surface area contributed by atoms with Crippen LogP contribution in [-0.2, 0) is 23.7 Å². The first-order chi connectivity index (χ1) is 12.9. The first-order valence-corrected chi connectivity index (χ1v) is 8.62. The van der Waals surface area contributed by atoms with Gasteiger partial charge in [0.05, 0.1) is 38.1 Å². The molecular weight excluding hydrogens is 364 g/mol. The number of hydrogen-bond donors (Lipinski definition) is 5. The van der Waals surface area contributed by atoms with Crippen molar-refractivity contribution < 1.29 is 49.3 Å². The van der Waals surface area contributed by atoms with Crippen LogP contribution in [0.2, 0.25) is 0 Å². The second-order valence-electron chi connectivity index (χ2n) is 6.71. The van der Waals surface area contributed by atoms with Crippen molar-refractivity contribution in [3.8, 4) is 0 Å². The van der Waals surface area contributed by atoms with Crippen LogP contribution >= 0.6 is 0 Å². The highest BCUT2D eigenvalue weighted by Gasteiger charge is 2.49. The lowest BCUT2D eigenvalue weighted by molar-refractivity contribution is -0.339. The topological polar surface area (TPSA) is 155 Å². The fourth-order valence-corrected chi connectivity index (χ4v) is 3.73. The van der Waals surface area contributed by atoms with Crippen LogP contribution in [0.5, 0.6) is 0 Å². The second-order valence-corrected chi connectivity index (χ2v) is 6.71. The van der Waals surface area contributed by atoms with Crippen LogP contribution in [0.25, 0.3) is 0 Å². The van der Waals surface area contributed by atoms with E-state index >= 15 is 0 Å². The molecule has 1 aliphatic carbocycles. The number of esters is 1. The summed E-state index contributed by atoms with van der Waals surface area (Å²) >= 11 is 0. The fraction of sp³-hybridized carbons (Fsp3) is 0.706. The number of allylic oxidation sites excluding steroid dienone is 1. The van der Waals surface area contributed by atoms with E-state index in [1.165, 1.54) is 13.4 Å². The summed E-state index contributed by atoms with van der Waals surface area (Å²) in [6, 6.07) is 0. The predicted octanol–water partition coefficient (Wildman–Crippen LogP) is -2.23. The average molecular weight is 388 g/mol. The van der Waals surface area contributed by atoms with Crippen LogP contribution in [0.4, 0.5) is 0 Å². The second kappa shape index (κ2) is 8.23. The summed E-state index contributed by atoms with van der Waals surface area (Å²) < 4.78 is 21.3. The number of carbonyl (C=O) groups excluding carboxylic acids is 1. The van der Waals surface area contributed by atoms with E-state index in [0.717, 1.165) is 0 Å². The highest BCUT2D eigenvalue weighted by atomic mass is 16.8. The Kier molecular flexibility index (Phi) is 6.16. The largest absolute Gasteiger partial charge is 0.471 e. The Morgan fingerprint density at radius 2 is 1.93 bits per heavy atom. The van der Waals surface area contributed by atoms with Crippen LogP contribution in [0.1, 0.15) is 6.42 Å². The molecule has 5 N–H and O–H groups in total. The van der Waals surface area contributed by atoms with E-state index in [1.54, 1.807) is 6.08 Å². The van der Waals surface area contributed by atoms with Gasteiger partial charge in [0.2, 0.25) is 6.29 Å². The third-order valence-electron chi connectivity index (χ3n) is 5.24. The van der Waals surface area contributed by atoms with E-state index in [1.807, 2.05) is 0 Å². The molecule has 0 bridgehead atoms. The third kappa shape index (κ3) is 3.61. The maximum Gasteiger partial charge on any atom is 0.337 e. The minimum atomic E-state index is -1.59. The fourth-order valence-electron chi connectivity index (χ4n) is 3.73. The molecule has 0 amide bonds. The van der Waals surface area contributed by atoms with Gasteiger partial charge in [-0.1, -0.05) is 6.08 Å². The van der Waals surface area contributed by atoms with Crippen molar-refractivity contribution >= 4 is 5.97 Å². The number of aliphatic hydroxyl groups is 5. The van der Waals surface area contributed by atoms with Crippen molar-refractivity contribution in [3.63, 3.8) is 0 Å². The Hall–Kier alpha value is -1.53. The zero-order chi connectivity index (χ0) is 19.7. The normalized spacial score (nSPS) is 41.3. The highest BCUT2D eigenvalue weighted by Crippen LogP contribution is 2.44. The summed E-state index contributed by atoms with van der Waals surface area (Å²) in [5, 5.41) is 48.8. The number of carbonyl (C=O) groups is 1. The lowest BCUT2D eigenvalue weighted by Gasteiger charge is -2.42. The summed E-state index contributed by atoms with van der Waals surface area (Å²) in [7, 11) is 1.25. The molecule has 0 saturated carbocycles. The molecule has 0 aromatic heterocycles. The summed E-state index contributed by atoms with van der Waals surface area (Å²) in [5.74, 6) is -1.42. The Morgan fingerprint density at radius 1 is 1.19 bits per heavy atom. The molecule has 0 spiro atoms. The number of hydrogen-bond acceptors (Lipinski definition) is 10. The minimum Gasteiger partial charge on any atom is -0.471 e. The van der Waals surface area contributed by atoms with Gasteiger partial charge < -0.3 is 44.5 Å². The van der Waals surface area contributed by atoms with E-state index < -0.39 is 55.5 Å². The number of methoxy groups -OCH3 is 1. The predicted molar refractivity (Wildman–Crippen MR) is 86.6 cm³/mol. The minimum absolute atomic E-state index is 0.270. The molecule has 0 radical (unpaired) electrons. The molecule has 10 heteroatoms. The molecule has 2 aliphatic heterocycles. The van der Waals surface area contributed by atoms with Gasteiger partial charge in [-0.25, -0.2) is 4.79 Å². The van der Waals surface area contributed by atoms with Crippen molar-refractivity contribution in [1.82, 2.24) is 0 Å². The maximum absolute atomic E-state index is 12.0. The maximum atomic E-state index is 12.0. The van der Waals surface area contributed by atoms with Gasteiger partial charge in [-0.05, 0) is 12.0 Å². The molecule has 27 heavy (non-hydrogen) atoms. The van der Waals surface area contributed by atoms with E-state index in [2.05, 4.69) is 0 Å². The molecule has 8 atom stereocenters. The monoisotopic (exact) mass is 388 g/mol. The lowest BCUT2D eigenvalue weighted by Crippen LogP contribution is -2.60. The molecule has 152 valence electrons. The van der Waals surface area contributed by atoms with Gasteiger partial charge in [-0.2, -0.15) is 0 Å². The average Bonchev–Trinajstić information content (AvgIpc) is 3.12. The van der Waals surface area contributed by atoms with E-state index in [4.69, 9.17) is 18.9 Å². The summed E-state index contributed by atoms with van der Waals surface area (Å²) in [4.78, 5) is 12.0. The van der Waals surface area contributed by atoms with Crippen molar-refractivity contribution in [2.45, 2.75) is 43.4 Å². The van der Waals surface area contributed by atoms with Gasteiger partial charge in [0, 0.05) is 5.92 Å². The Bertz CT molecular complexity index is 615. The quantitative estimate of drug-likeness (QED) is 0.258. The van der Waals surface area contributed by atoms with Gasteiger partial charge in [-0.3, -0.25) is 0 Å². The molecular formula is C17H24O10. The molecule has 0 aromatic rings. The SMILES string of the molecule is COC(=O)C1=COC(OC2OC(CO)C(O)C(O)C2O)[C@H]2C(CO)=CC[C@H]12. The van der Waals surface area contributed by atoms with Gasteiger partial charge >= 0.3 is 5.97 Å². The first-order valence-electron chi connectivity index (χ1n) is 8.62. The molecule has 3 aliphatic rings. The summed E-state index contributed by atoms with van der Waals surface area (Å²) in [5.41, 5.74) is 0.903. The van der Waals surface area contributed by atoms with Crippen LogP contribution in [0.3, 0.4) is 0 Å². The number of aliphatic hydroxyl groups excluding tert-OH is 5. The van der Waals surface area contributed by atoms with Crippen LogP contribution in [0, 0.1) is 11.8 Å². The molecule has 0 aromatic carbocycles. The van der Waals surface area contributed by atoms with Gasteiger partial charge in [0.15, 0.2) is 6.29 Å². The zero-order valence-electron chi connectivity index (χ0n) is 14.7. The third-order valence-corrected chi connectivity index (χ3v) is 5.24. The van der Waals surface area contributed by atoms with E-state index in [0.29, 0.717) is 17.6 Å². The lowest BCUT2D eigenvalue weighted by atomic mass is 9.83. The van der Waals surface area contributed by atoms with Crippen molar-refractivity contribution in [2.24, 2.45) is 11.8 Å². The van der Waals surface area contributed by atoms with Gasteiger partial charge in [-0.15, -0.1) is 0 Å². The summed E-state index contributed by atoms with van der Waals surface area (Å²) in [6.45, 7) is -0.857. The summed E-state index contributed by atoms with van der Waals surface area (Å²) in [6.07, 6.45) is -4.73. The number of fused-ring (bicyclic) bond motifs is 1. The molecule has 6 unspecified atom stereocenters. The Morgan fingerprint density at radius 3 is 2.56 bits per heavy atom. The molecule has 1 saturated heterocycles. The van der Waals surface area contributed by atoms with Gasteiger partial charge in [0.25, 0.3) is 0 Å². The molecule has 3 rings (SSSR count). The van der Waals surface area contributed by atoms with Crippen molar-refractivity contribution in [2.75, 3.05) is 20.3 Å². The first kappa shape index (κ1) is 20.2. The molecule has 2 heterocycles. The highest BCUT2D eigenvalue weighted by molar-refractivity contribution is 5.89. The van der Waals surface area contributed by atoms with Crippen LogP contribution in [-0.4, -0.2) is 88.8 Å². The standard InChI is InChI=1S/C17H24O10/c1-24-15(23)9-6-25-16(11-7(4-18)2-3-8(9)11)27-17-14(22)13(21)12(20)10(5-19)26-17/h2,6,8,10-14,16-22H,3-5H2,1H3/t8-,10?,11+,12?,13?,14?,16?,17?/m1/s1. The van der Waals surface area contributed by atoms with Gasteiger partial charge in [0.1, 0.15) is 24.4 Å². The van der Waals surface area contributed by atoms with Crippen LogP contribution < -0.4 is 0 Å². The number of ether oxygens (including phenoxy) is 4. The van der Waals surface area contributed by atoms with Crippen molar-refractivity contribution in [3.05, 3.63) is 23.5 Å². The number of rotatable bonds is 5. The Labute approximate surface area is 155 Å². The molecule has 10 nitrogen and oxygen atoms in total. The van der Waals surface area contributed by atoms with E-state index in [9.17, 15) is 30.3 Å². The molecule has 1 fully saturated rings. The smallest absolute Gasteiger partial charge is 0.337 e. The van der Waals surface area contributed by atoms with Crippen molar-refractivity contribution in [1.29, 1.82) is 0 Å². The zero-order valence-corrected chi connectivity index (χ0v) is 14.7. The van der Waals surface area contributed by atoms with Crippen LogP contribution in [0.15, 0.2) is 23.5 Å². The Balaban J connectivity index is 1.80.